The topological polar surface area (TPSA) is 67.5 Å². The van der Waals surface area contributed by atoms with E-state index in [1.54, 1.807) is 0 Å². The molecule has 0 saturated heterocycles. The number of hydrogen-bond acceptors (Lipinski definition) is 5. The number of benzene rings is 1. The highest BCUT2D eigenvalue weighted by molar-refractivity contribution is 5.46. The maximum Gasteiger partial charge on any atom is 0.254 e. The lowest BCUT2D eigenvalue weighted by Crippen LogP contribution is -2.35. The molecule has 0 aliphatic carbocycles. The fourth-order valence-corrected chi connectivity index (χ4v) is 3.26. The molecule has 25 heavy (non-hydrogen) atoms. The number of aromatic nitrogens is 2. The summed E-state index contributed by atoms with van der Waals surface area (Å²) in [6, 6.07) is 6.00. The molecule has 0 fully saturated rings. The summed E-state index contributed by atoms with van der Waals surface area (Å²) in [6.45, 7) is 9.19. The number of fused-ring (bicyclic) bond motifs is 1. The van der Waals surface area contributed by atoms with Gasteiger partial charge in [-0.2, -0.15) is 0 Å². The van der Waals surface area contributed by atoms with E-state index in [9.17, 15) is 4.79 Å². The van der Waals surface area contributed by atoms with Crippen LogP contribution in [-0.4, -0.2) is 34.6 Å². The van der Waals surface area contributed by atoms with Crippen LogP contribution in [-0.2, 0) is 19.5 Å². The number of aromatic amines is 1. The van der Waals surface area contributed by atoms with Gasteiger partial charge in [0.2, 0.25) is 0 Å². The molecule has 0 bridgehead atoms. The van der Waals surface area contributed by atoms with E-state index in [0.29, 0.717) is 32.0 Å². The Hall–Kier alpha value is -2.34. The Morgan fingerprint density at radius 3 is 2.80 bits per heavy atom. The lowest BCUT2D eigenvalue weighted by Gasteiger charge is -2.28. The average molecular weight is 343 g/mol. The van der Waals surface area contributed by atoms with E-state index in [2.05, 4.69) is 20.9 Å². The van der Waals surface area contributed by atoms with E-state index < -0.39 is 0 Å². The minimum Gasteiger partial charge on any atom is -0.490 e. The fraction of sp³-hybridized carbons (Fsp3) is 0.474. The molecule has 1 aliphatic heterocycles. The maximum atomic E-state index is 12.1. The summed E-state index contributed by atoms with van der Waals surface area (Å²) in [7, 11) is 0. The van der Waals surface area contributed by atoms with E-state index in [4.69, 9.17) is 9.47 Å². The van der Waals surface area contributed by atoms with Gasteiger partial charge in [0.1, 0.15) is 5.82 Å². The van der Waals surface area contributed by atoms with E-state index in [1.165, 1.54) is 0 Å². The molecule has 0 saturated carbocycles. The second-order valence-electron chi connectivity index (χ2n) is 6.15. The van der Waals surface area contributed by atoms with Crippen molar-refractivity contribution in [1.29, 1.82) is 0 Å². The molecule has 0 radical (unpaired) electrons. The number of hydrogen-bond donors (Lipinski definition) is 1. The summed E-state index contributed by atoms with van der Waals surface area (Å²) < 4.78 is 11.6. The van der Waals surface area contributed by atoms with Crippen LogP contribution in [0.15, 0.2) is 23.0 Å². The molecule has 6 nitrogen and oxygen atoms in total. The van der Waals surface area contributed by atoms with Gasteiger partial charge >= 0.3 is 0 Å². The van der Waals surface area contributed by atoms with Crippen LogP contribution in [0.2, 0.25) is 0 Å². The number of rotatable bonds is 6. The van der Waals surface area contributed by atoms with Gasteiger partial charge in [-0.1, -0.05) is 12.1 Å². The molecule has 0 spiro atoms. The number of H-pyrrole nitrogens is 1. The zero-order valence-electron chi connectivity index (χ0n) is 15.1. The normalized spacial score (nSPS) is 14.2. The molecule has 0 atom stereocenters. The molecular weight excluding hydrogens is 318 g/mol. The van der Waals surface area contributed by atoms with Crippen molar-refractivity contribution in [3.8, 4) is 11.5 Å². The molecule has 6 heteroatoms. The summed E-state index contributed by atoms with van der Waals surface area (Å²) in [6.07, 6.45) is 0.715. The van der Waals surface area contributed by atoms with Crippen LogP contribution < -0.4 is 15.0 Å². The second kappa shape index (κ2) is 7.70. The molecule has 1 aromatic carbocycles. The highest BCUT2D eigenvalue weighted by atomic mass is 16.5. The van der Waals surface area contributed by atoms with Crippen LogP contribution in [0.25, 0.3) is 0 Å². The third-order valence-corrected chi connectivity index (χ3v) is 4.31. The number of para-hydroxylation sites is 1. The lowest BCUT2D eigenvalue weighted by atomic mass is 10.1. The predicted molar refractivity (Wildman–Crippen MR) is 96.2 cm³/mol. The van der Waals surface area contributed by atoms with Crippen molar-refractivity contribution >= 4 is 0 Å². The molecule has 1 aromatic heterocycles. The molecular formula is C19H25N3O3. The Morgan fingerprint density at radius 2 is 2.04 bits per heavy atom. The molecule has 2 heterocycles. The van der Waals surface area contributed by atoms with Crippen molar-refractivity contribution in [2.75, 3.05) is 19.8 Å². The largest absolute Gasteiger partial charge is 0.490 e. The van der Waals surface area contributed by atoms with Crippen LogP contribution in [0.4, 0.5) is 0 Å². The SMILES string of the molecule is CCOc1cccc(CN2CCc3c(nc(C)[nH]c3=O)C2)c1OCC. The monoisotopic (exact) mass is 343 g/mol. The highest BCUT2D eigenvalue weighted by Gasteiger charge is 2.22. The molecule has 1 N–H and O–H groups in total. The molecule has 0 unspecified atom stereocenters. The predicted octanol–water partition coefficient (Wildman–Crippen LogP) is 2.43. The minimum atomic E-state index is -0.00417. The van der Waals surface area contributed by atoms with Gasteiger partial charge in [-0.05, 0) is 33.3 Å². The zero-order chi connectivity index (χ0) is 17.8. The first-order valence-corrected chi connectivity index (χ1v) is 8.80. The molecule has 0 amide bonds. The van der Waals surface area contributed by atoms with Crippen molar-refractivity contribution in [1.82, 2.24) is 14.9 Å². The first-order valence-electron chi connectivity index (χ1n) is 8.80. The van der Waals surface area contributed by atoms with Gasteiger partial charge in [0.05, 0.1) is 18.9 Å². The van der Waals surface area contributed by atoms with Crippen LogP contribution in [0.3, 0.4) is 0 Å². The summed E-state index contributed by atoms with van der Waals surface area (Å²) in [4.78, 5) is 21.7. The second-order valence-corrected chi connectivity index (χ2v) is 6.15. The Labute approximate surface area is 147 Å². The van der Waals surface area contributed by atoms with Gasteiger partial charge in [0.15, 0.2) is 11.5 Å². The Morgan fingerprint density at radius 1 is 1.24 bits per heavy atom. The first kappa shape index (κ1) is 17.5. The lowest BCUT2D eigenvalue weighted by molar-refractivity contribution is 0.230. The van der Waals surface area contributed by atoms with Gasteiger partial charge in [0.25, 0.3) is 5.56 Å². The first-order chi connectivity index (χ1) is 12.1. The smallest absolute Gasteiger partial charge is 0.254 e. The Balaban J connectivity index is 1.83. The third-order valence-electron chi connectivity index (χ3n) is 4.31. The van der Waals surface area contributed by atoms with Crippen molar-refractivity contribution in [2.24, 2.45) is 0 Å². The summed E-state index contributed by atoms with van der Waals surface area (Å²) >= 11 is 0. The Kier molecular flexibility index (Phi) is 5.38. The van der Waals surface area contributed by atoms with Crippen molar-refractivity contribution < 1.29 is 9.47 Å². The van der Waals surface area contributed by atoms with Crippen LogP contribution in [0, 0.1) is 6.92 Å². The number of nitrogens with one attached hydrogen (secondary N) is 1. The molecule has 2 aromatic rings. The fourth-order valence-electron chi connectivity index (χ4n) is 3.26. The standard InChI is InChI=1S/C19H25N3O3/c1-4-24-17-8-6-7-14(18(17)25-5-2)11-22-10-9-15-16(12-22)20-13(3)21-19(15)23/h6-8H,4-5,9-12H2,1-3H3,(H,20,21,23). The van der Waals surface area contributed by atoms with Gasteiger partial charge < -0.3 is 14.5 Å². The maximum absolute atomic E-state index is 12.1. The van der Waals surface area contributed by atoms with Crippen LogP contribution in [0.1, 0.15) is 36.5 Å². The zero-order valence-corrected chi connectivity index (χ0v) is 15.1. The molecule has 1 aliphatic rings. The number of nitrogens with zero attached hydrogens (tertiary/aromatic N) is 2. The van der Waals surface area contributed by atoms with Crippen molar-refractivity contribution in [3.63, 3.8) is 0 Å². The van der Waals surface area contributed by atoms with Crippen LogP contribution in [0.5, 0.6) is 11.5 Å². The van der Waals surface area contributed by atoms with Gasteiger partial charge in [-0.25, -0.2) is 4.98 Å². The molecule has 134 valence electrons. The van der Waals surface area contributed by atoms with E-state index in [-0.39, 0.29) is 5.56 Å². The van der Waals surface area contributed by atoms with Crippen LogP contribution >= 0.6 is 0 Å². The summed E-state index contributed by atoms with van der Waals surface area (Å²) in [5.74, 6) is 2.26. The van der Waals surface area contributed by atoms with Gasteiger partial charge in [-0.15, -0.1) is 0 Å². The summed E-state index contributed by atoms with van der Waals surface area (Å²) in [5.41, 5.74) is 2.79. The quantitative estimate of drug-likeness (QED) is 0.872. The van der Waals surface area contributed by atoms with Crippen molar-refractivity contribution in [3.05, 3.63) is 51.2 Å². The van der Waals surface area contributed by atoms with Crippen molar-refractivity contribution in [2.45, 2.75) is 40.3 Å². The number of ether oxygens (including phenoxy) is 2. The van der Waals surface area contributed by atoms with E-state index in [1.807, 2.05) is 32.9 Å². The molecule has 3 rings (SSSR count). The third kappa shape index (κ3) is 3.85. The highest BCUT2D eigenvalue weighted by Crippen LogP contribution is 2.33. The average Bonchev–Trinajstić information content (AvgIpc) is 2.57. The van der Waals surface area contributed by atoms with Gasteiger partial charge in [0, 0.05) is 30.8 Å². The van der Waals surface area contributed by atoms with E-state index in [0.717, 1.165) is 41.4 Å². The summed E-state index contributed by atoms with van der Waals surface area (Å²) in [5, 5.41) is 0. The van der Waals surface area contributed by atoms with E-state index >= 15 is 0 Å². The van der Waals surface area contributed by atoms with Gasteiger partial charge in [-0.3, -0.25) is 9.69 Å². The minimum absolute atomic E-state index is 0.00417. The Bertz CT molecular complexity index is 801. The number of aryl methyl sites for hydroxylation is 1.